The topological polar surface area (TPSA) is 228 Å². The lowest BCUT2D eigenvalue weighted by Gasteiger charge is -2.18. The molecule has 21 heteroatoms. The summed E-state index contributed by atoms with van der Waals surface area (Å²) in [7, 11) is -4.70. The Bertz CT molecular complexity index is 1860. The molecule has 2 aromatic carbocycles. The first-order valence-corrected chi connectivity index (χ1v) is 21.1. The number of hydrogen-bond donors (Lipinski definition) is 5. The van der Waals surface area contributed by atoms with Crippen LogP contribution in [0.3, 0.4) is 0 Å². The summed E-state index contributed by atoms with van der Waals surface area (Å²) in [5, 5.41) is 15.8. The van der Waals surface area contributed by atoms with Gasteiger partial charge in [0.1, 0.15) is 24.2 Å². The van der Waals surface area contributed by atoms with E-state index in [2.05, 4.69) is 15.6 Å². The molecule has 0 aliphatic carbocycles. The molecular formula is C40H56F3N5O12S. The van der Waals surface area contributed by atoms with Gasteiger partial charge in [0.2, 0.25) is 15.9 Å². The number of alkyl halides is 3. The normalized spacial score (nSPS) is 12.3. The van der Waals surface area contributed by atoms with Crippen molar-refractivity contribution in [2.45, 2.75) is 43.3 Å². The van der Waals surface area contributed by atoms with Gasteiger partial charge in [-0.1, -0.05) is 12.1 Å². The summed E-state index contributed by atoms with van der Waals surface area (Å²) in [6, 6.07) is 9.41. The Kier molecular flexibility index (Phi) is 23.5. The maximum absolute atomic E-state index is 13.3. The number of nitrogens with zero attached hydrogens (tertiary/aromatic N) is 1. The SMILES string of the molecule is Cc1ccnc(NCCCCOc2ccc(C[C@H](NS(=O)(=O)c3cccc(C(F)(F)F)c3)C(=O)O)cc2NC(=O)COCCOCCOCCOCCOCCOCCN)c1. The molecule has 3 rings (SSSR count). The monoisotopic (exact) mass is 887 g/mol. The first-order chi connectivity index (χ1) is 29.3. The zero-order chi connectivity index (χ0) is 44.4. The fourth-order valence-corrected chi connectivity index (χ4v) is 6.46. The smallest absolute Gasteiger partial charge is 0.416 e. The summed E-state index contributed by atoms with van der Waals surface area (Å²) in [6.45, 7) is 6.94. The average Bonchev–Trinajstić information content (AvgIpc) is 3.21. The van der Waals surface area contributed by atoms with Crippen molar-refractivity contribution < 1.29 is 69.4 Å². The Labute approximate surface area is 353 Å². The van der Waals surface area contributed by atoms with E-state index in [1.807, 2.05) is 23.8 Å². The Hall–Kier alpha value is -4.45. The van der Waals surface area contributed by atoms with E-state index < -0.39 is 51.0 Å². The van der Waals surface area contributed by atoms with Crippen molar-refractivity contribution in [1.82, 2.24) is 9.71 Å². The van der Waals surface area contributed by atoms with Crippen molar-refractivity contribution in [3.05, 3.63) is 77.5 Å². The molecule has 1 heterocycles. The predicted octanol–water partition coefficient (Wildman–Crippen LogP) is 3.65. The maximum atomic E-state index is 13.3. The molecule has 61 heavy (non-hydrogen) atoms. The number of carboxylic acids is 1. The molecule has 17 nitrogen and oxygen atoms in total. The van der Waals surface area contributed by atoms with E-state index >= 15 is 0 Å². The number of halogens is 3. The lowest BCUT2D eigenvalue weighted by molar-refractivity contribution is -0.139. The first kappa shape index (κ1) is 50.9. The minimum atomic E-state index is -4.82. The van der Waals surface area contributed by atoms with Crippen molar-refractivity contribution in [2.24, 2.45) is 5.73 Å². The average molecular weight is 888 g/mol. The standard InChI is InChI=1S/C40H56F3N5O12S/c1-30-9-12-46-37(25-30)45-11-2-3-13-60-36-8-7-31(27-35(39(50)51)48-61(52,53)33-6-4-5-32(28-33)40(41,42)43)26-34(36)47-38(49)29-59-24-23-58-22-21-57-20-19-56-18-17-55-16-15-54-14-10-44/h4-9,12,25-26,28,35,48H,2-3,10-11,13-24,27,29,44H2,1H3,(H,45,46)(H,47,49)(H,50,51)/t35-/m0/s1. The summed E-state index contributed by atoms with van der Waals surface area (Å²) >= 11 is 0. The summed E-state index contributed by atoms with van der Waals surface area (Å²) in [4.78, 5) is 28.6. The van der Waals surface area contributed by atoms with Gasteiger partial charge in [0.15, 0.2) is 0 Å². The van der Waals surface area contributed by atoms with Gasteiger partial charge >= 0.3 is 12.1 Å². The number of pyridine rings is 1. The Balaban J connectivity index is 1.49. The molecule has 0 aliphatic heterocycles. The largest absolute Gasteiger partial charge is 0.491 e. The van der Waals surface area contributed by atoms with Gasteiger partial charge in [0.05, 0.1) is 95.4 Å². The molecule has 1 amide bonds. The van der Waals surface area contributed by atoms with Gasteiger partial charge in [0, 0.05) is 19.3 Å². The number of carboxylic acid groups (broad SMARTS) is 1. The third-order valence-electron chi connectivity index (χ3n) is 8.23. The van der Waals surface area contributed by atoms with Crippen LogP contribution < -0.4 is 25.8 Å². The van der Waals surface area contributed by atoms with E-state index in [1.54, 1.807) is 6.20 Å². The maximum Gasteiger partial charge on any atom is 0.416 e. The number of unbranched alkanes of at least 4 members (excludes halogenated alkanes) is 1. The molecule has 0 saturated heterocycles. The zero-order valence-corrected chi connectivity index (χ0v) is 34.9. The lowest BCUT2D eigenvalue weighted by atomic mass is 10.1. The fraction of sp³-hybridized carbons (Fsp3) is 0.525. The number of benzene rings is 2. The minimum Gasteiger partial charge on any atom is -0.491 e. The molecule has 1 atom stereocenters. The number of carbonyl (C=O) groups is 2. The highest BCUT2D eigenvalue weighted by atomic mass is 32.2. The van der Waals surface area contributed by atoms with Crippen LogP contribution in [-0.2, 0) is 60.6 Å². The summed E-state index contributed by atoms with van der Waals surface area (Å²) in [6.07, 6.45) is -2.19. The number of sulfonamides is 1. The predicted molar refractivity (Wildman–Crippen MR) is 218 cm³/mol. The number of carbonyl (C=O) groups excluding carboxylic acids is 1. The molecular weight excluding hydrogens is 832 g/mol. The molecule has 6 N–H and O–H groups in total. The van der Waals surface area contributed by atoms with Crippen LogP contribution in [0.5, 0.6) is 5.75 Å². The number of amides is 1. The highest BCUT2D eigenvalue weighted by Crippen LogP contribution is 2.31. The van der Waals surface area contributed by atoms with Crippen LogP contribution in [0.1, 0.15) is 29.5 Å². The Morgan fingerprint density at radius 3 is 2.02 bits per heavy atom. The molecule has 0 fully saturated rings. The molecule has 0 radical (unpaired) electrons. The van der Waals surface area contributed by atoms with Gasteiger partial charge in [-0.2, -0.15) is 17.9 Å². The van der Waals surface area contributed by atoms with Crippen molar-refractivity contribution in [3.63, 3.8) is 0 Å². The highest BCUT2D eigenvalue weighted by Gasteiger charge is 2.33. The van der Waals surface area contributed by atoms with Crippen LogP contribution in [0, 0.1) is 6.92 Å². The number of aryl methyl sites for hydroxylation is 1. The van der Waals surface area contributed by atoms with Gasteiger partial charge < -0.3 is 54.6 Å². The third-order valence-corrected chi connectivity index (χ3v) is 9.70. The number of aromatic nitrogens is 1. The second kappa shape index (κ2) is 28.2. The fourth-order valence-electron chi connectivity index (χ4n) is 5.23. The highest BCUT2D eigenvalue weighted by molar-refractivity contribution is 7.89. The Morgan fingerprint density at radius 1 is 0.803 bits per heavy atom. The lowest BCUT2D eigenvalue weighted by Crippen LogP contribution is -2.42. The van der Waals surface area contributed by atoms with Crippen LogP contribution in [0.4, 0.5) is 24.7 Å². The van der Waals surface area contributed by atoms with Crippen LogP contribution in [0.15, 0.2) is 65.7 Å². The molecule has 0 bridgehead atoms. The van der Waals surface area contributed by atoms with E-state index in [0.717, 1.165) is 29.9 Å². The van der Waals surface area contributed by atoms with E-state index in [4.69, 9.17) is 38.9 Å². The number of nitrogens with one attached hydrogen (secondary N) is 3. The van der Waals surface area contributed by atoms with E-state index in [9.17, 15) is 36.3 Å². The number of hydrogen-bond acceptors (Lipinski definition) is 14. The Morgan fingerprint density at radius 2 is 1.43 bits per heavy atom. The summed E-state index contributed by atoms with van der Waals surface area (Å²) in [5.74, 6) is -1.14. The molecule has 0 unspecified atom stereocenters. The van der Waals surface area contributed by atoms with Crippen LogP contribution in [0.25, 0.3) is 0 Å². The van der Waals surface area contributed by atoms with E-state index in [-0.39, 0.29) is 43.4 Å². The second-order valence-electron chi connectivity index (χ2n) is 13.2. The quantitative estimate of drug-likeness (QED) is 0.0550. The van der Waals surface area contributed by atoms with Gasteiger partial charge in [0.25, 0.3) is 0 Å². The van der Waals surface area contributed by atoms with Crippen molar-refractivity contribution in [1.29, 1.82) is 0 Å². The van der Waals surface area contributed by atoms with Crippen LogP contribution in [0.2, 0.25) is 0 Å². The van der Waals surface area contributed by atoms with E-state index in [1.165, 1.54) is 18.2 Å². The molecule has 3 aromatic rings. The zero-order valence-electron chi connectivity index (χ0n) is 34.1. The summed E-state index contributed by atoms with van der Waals surface area (Å²) in [5.41, 5.74) is 5.63. The number of nitrogens with two attached hydrogens (primary N) is 1. The second-order valence-corrected chi connectivity index (χ2v) is 14.9. The summed E-state index contributed by atoms with van der Waals surface area (Å²) < 4.78 is 106. The van der Waals surface area contributed by atoms with Crippen molar-refractivity contribution in [3.8, 4) is 5.75 Å². The van der Waals surface area contributed by atoms with Gasteiger partial charge in [-0.15, -0.1) is 0 Å². The van der Waals surface area contributed by atoms with E-state index in [0.29, 0.717) is 91.1 Å². The molecule has 340 valence electrons. The van der Waals surface area contributed by atoms with Crippen molar-refractivity contribution >= 4 is 33.4 Å². The minimum absolute atomic E-state index is 0.0929. The first-order valence-electron chi connectivity index (χ1n) is 19.6. The third kappa shape index (κ3) is 21.3. The number of anilines is 2. The van der Waals surface area contributed by atoms with Gasteiger partial charge in [-0.3, -0.25) is 9.59 Å². The molecule has 0 aliphatic rings. The van der Waals surface area contributed by atoms with Gasteiger partial charge in [-0.05, 0) is 79.8 Å². The number of rotatable bonds is 33. The van der Waals surface area contributed by atoms with Crippen LogP contribution >= 0.6 is 0 Å². The van der Waals surface area contributed by atoms with Gasteiger partial charge in [-0.25, -0.2) is 13.4 Å². The molecule has 1 aromatic heterocycles. The number of ether oxygens (including phenoxy) is 7. The molecule has 0 spiro atoms. The van der Waals surface area contributed by atoms with Crippen molar-refractivity contribution in [2.75, 3.05) is 110 Å². The van der Waals surface area contributed by atoms with Crippen LogP contribution in [-0.4, -0.2) is 135 Å². The molecule has 0 saturated carbocycles. The number of aliphatic carboxylic acids is 1.